The Morgan fingerprint density at radius 2 is 2.24 bits per heavy atom. The number of benzene rings is 1. The van der Waals surface area contributed by atoms with Crippen LogP contribution in [0.2, 0.25) is 5.02 Å². The Labute approximate surface area is 130 Å². The molecular weight excluding hydrogens is 314 g/mol. The number of halogens is 1. The maximum Gasteiger partial charge on any atom is 0.240 e. The molecule has 2 rings (SSSR count). The highest BCUT2D eigenvalue weighted by Crippen LogP contribution is 2.24. The molecule has 1 aromatic carbocycles. The van der Waals surface area contributed by atoms with Gasteiger partial charge in [-0.3, -0.25) is 0 Å². The number of aliphatic hydroxyl groups excluding tert-OH is 1. The minimum absolute atomic E-state index is 0.108. The molecule has 21 heavy (non-hydrogen) atoms. The molecule has 0 bridgehead atoms. The van der Waals surface area contributed by atoms with Gasteiger partial charge in [0.2, 0.25) is 10.0 Å². The van der Waals surface area contributed by atoms with Crippen molar-refractivity contribution in [3.05, 3.63) is 28.8 Å². The molecular formula is C14H20ClNO4S. The molecule has 1 fully saturated rings. The van der Waals surface area contributed by atoms with Crippen molar-refractivity contribution < 1.29 is 18.3 Å². The molecule has 1 aromatic rings. The zero-order valence-corrected chi connectivity index (χ0v) is 13.5. The summed E-state index contributed by atoms with van der Waals surface area (Å²) in [5, 5.41) is 9.30. The van der Waals surface area contributed by atoms with Gasteiger partial charge in [-0.05, 0) is 30.5 Å². The number of aliphatic hydroxyl groups is 1. The van der Waals surface area contributed by atoms with E-state index < -0.39 is 10.0 Å². The van der Waals surface area contributed by atoms with Gasteiger partial charge in [-0.2, -0.15) is 0 Å². The summed E-state index contributed by atoms with van der Waals surface area (Å²) in [7, 11) is -3.60. The number of ether oxygens (including phenoxy) is 1. The Morgan fingerprint density at radius 1 is 1.48 bits per heavy atom. The van der Waals surface area contributed by atoms with Gasteiger partial charge in [0.25, 0.3) is 0 Å². The monoisotopic (exact) mass is 333 g/mol. The molecule has 0 amide bonds. The van der Waals surface area contributed by atoms with Gasteiger partial charge < -0.3 is 9.84 Å². The predicted octanol–water partition coefficient (Wildman–Crippen LogP) is 1.93. The SMILES string of the molecule is CCC1OCCC1CNS(=O)(=O)c1ccc(CO)c(Cl)c1. The molecule has 2 N–H and O–H groups in total. The lowest BCUT2D eigenvalue weighted by molar-refractivity contribution is 0.0884. The summed E-state index contributed by atoms with van der Waals surface area (Å²) >= 11 is 5.94. The van der Waals surface area contributed by atoms with E-state index in [0.717, 1.165) is 12.8 Å². The van der Waals surface area contributed by atoms with Gasteiger partial charge in [-0.1, -0.05) is 24.6 Å². The fourth-order valence-corrected chi connectivity index (χ4v) is 3.93. The first-order valence-electron chi connectivity index (χ1n) is 6.98. The lowest BCUT2D eigenvalue weighted by Gasteiger charge is -2.17. The van der Waals surface area contributed by atoms with Crippen LogP contribution in [0.4, 0.5) is 0 Å². The maximum atomic E-state index is 12.3. The van der Waals surface area contributed by atoms with E-state index in [1.54, 1.807) is 0 Å². The molecule has 118 valence electrons. The molecule has 7 heteroatoms. The average molecular weight is 334 g/mol. The number of rotatable bonds is 6. The first-order valence-corrected chi connectivity index (χ1v) is 8.84. The fraction of sp³-hybridized carbons (Fsp3) is 0.571. The number of nitrogens with one attached hydrogen (secondary N) is 1. The van der Waals surface area contributed by atoms with Crippen LogP contribution in [-0.4, -0.2) is 32.8 Å². The molecule has 0 spiro atoms. The van der Waals surface area contributed by atoms with Crippen LogP contribution in [0.1, 0.15) is 25.3 Å². The second-order valence-electron chi connectivity index (χ2n) is 5.13. The average Bonchev–Trinajstić information content (AvgIpc) is 2.92. The minimum Gasteiger partial charge on any atom is -0.392 e. The quantitative estimate of drug-likeness (QED) is 0.834. The minimum atomic E-state index is -3.60. The second-order valence-corrected chi connectivity index (χ2v) is 7.30. The molecule has 0 radical (unpaired) electrons. The predicted molar refractivity (Wildman–Crippen MR) is 80.7 cm³/mol. The highest BCUT2D eigenvalue weighted by atomic mass is 35.5. The van der Waals surface area contributed by atoms with Crippen molar-refractivity contribution in [1.82, 2.24) is 4.72 Å². The molecule has 2 unspecified atom stereocenters. The lowest BCUT2D eigenvalue weighted by Crippen LogP contribution is -2.32. The van der Waals surface area contributed by atoms with Crippen molar-refractivity contribution >= 4 is 21.6 Å². The highest BCUT2D eigenvalue weighted by molar-refractivity contribution is 7.89. The van der Waals surface area contributed by atoms with Gasteiger partial charge in [-0.15, -0.1) is 0 Å². The van der Waals surface area contributed by atoms with Crippen LogP contribution < -0.4 is 4.72 Å². The summed E-state index contributed by atoms with van der Waals surface area (Å²) in [5.74, 6) is 0.206. The molecule has 0 aliphatic carbocycles. The largest absolute Gasteiger partial charge is 0.392 e. The van der Waals surface area contributed by atoms with Crippen molar-refractivity contribution in [3.8, 4) is 0 Å². The number of hydrogen-bond acceptors (Lipinski definition) is 4. The molecule has 0 aromatic heterocycles. The van der Waals surface area contributed by atoms with Crippen LogP contribution in [0.25, 0.3) is 0 Å². The van der Waals surface area contributed by atoms with Crippen molar-refractivity contribution in [1.29, 1.82) is 0 Å². The first-order chi connectivity index (χ1) is 9.97. The van der Waals surface area contributed by atoms with Crippen LogP contribution in [0.5, 0.6) is 0 Å². The number of hydrogen-bond donors (Lipinski definition) is 2. The molecule has 0 saturated carbocycles. The summed E-state index contributed by atoms with van der Waals surface area (Å²) in [4.78, 5) is 0.108. The van der Waals surface area contributed by atoms with E-state index in [1.807, 2.05) is 6.92 Å². The van der Waals surface area contributed by atoms with Gasteiger partial charge in [0.05, 0.1) is 17.6 Å². The van der Waals surface area contributed by atoms with Crippen LogP contribution in [-0.2, 0) is 21.4 Å². The van der Waals surface area contributed by atoms with Crippen molar-refractivity contribution in [2.75, 3.05) is 13.2 Å². The molecule has 1 heterocycles. The Kier molecular flexibility index (Phi) is 5.62. The van der Waals surface area contributed by atoms with Crippen LogP contribution in [0.15, 0.2) is 23.1 Å². The van der Waals surface area contributed by atoms with E-state index in [1.165, 1.54) is 18.2 Å². The Morgan fingerprint density at radius 3 is 2.86 bits per heavy atom. The van der Waals surface area contributed by atoms with Gasteiger partial charge in [0, 0.05) is 24.1 Å². The van der Waals surface area contributed by atoms with Crippen LogP contribution >= 0.6 is 11.6 Å². The smallest absolute Gasteiger partial charge is 0.240 e. The third kappa shape index (κ3) is 3.96. The van der Waals surface area contributed by atoms with Gasteiger partial charge in [-0.25, -0.2) is 13.1 Å². The summed E-state index contributed by atoms with van der Waals surface area (Å²) < 4.78 is 32.7. The van der Waals surface area contributed by atoms with Crippen LogP contribution in [0.3, 0.4) is 0 Å². The molecule has 5 nitrogen and oxygen atoms in total. The molecule has 2 atom stereocenters. The summed E-state index contributed by atoms with van der Waals surface area (Å²) in [6.07, 6.45) is 1.86. The van der Waals surface area contributed by atoms with Gasteiger partial charge in [0.1, 0.15) is 0 Å². The van der Waals surface area contributed by atoms with E-state index in [9.17, 15) is 8.42 Å². The third-order valence-electron chi connectivity index (χ3n) is 3.79. The fourth-order valence-electron chi connectivity index (χ4n) is 2.50. The standard InChI is InChI=1S/C14H20ClNO4S/c1-2-14-10(5-6-20-14)8-16-21(18,19)12-4-3-11(9-17)13(15)7-12/h3-4,7,10,14,16-17H,2,5-6,8-9H2,1H3. The Balaban J connectivity index is 2.06. The lowest BCUT2D eigenvalue weighted by atomic mass is 10.0. The molecule has 1 aliphatic rings. The third-order valence-corrected chi connectivity index (χ3v) is 5.56. The van der Waals surface area contributed by atoms with Crippen molar-refractivity contribution in [2.45, 2.75) is 37.4 Å². The topological polar surface area (TPSA) is 75.6 Å². The zero-order chi connectivity index (χ0) is 15.5. The van der Waals surface area contributed by atoms with Gasteiger partial charge >= 0.3 is 0 Å². The summed E-state index contributed by atoms with van der Waals surface area (Å²) in [6, 6.07) is 4.32. The zero-order valence-electron chi connectivity index (χ0n) is 11.9. The van der Waals surface area contributed by atoms with E-state index in [4.69, 9.17) is 21.4 Å². The van der Waals surface area contributed by atoms with E-state index in [2.05, 4.69) is 4.72 Å². The van der Waals surface area contributed by atoms with E-state index in [0.29, 0.717) is 18.7 Å². The molecule has 1 aliphatic heterocycles. The summed E-state index contributed by atoms with van der Waals surface area (Å²) in [5.41, 5.74) is 0.505. The van der Waals surface area contributed by atoms with Crippen molar-refractivity contribution in [2.24, 2.45) is 5.92 Å². The van der Waals surface area contributed by atoms with E-state index in [-0.39, 0.29) is 28.5 Å². The van der Waals surface area contributed by atoms with Crippen LogP contribution in [0, 0.1) is 5.92 Å². The number of sulfonamides is 1. The second kappa shape index (κ2) is 7.07. The molecule has 1 saturated heterocycles. The van der Waals surface area contributed by atoms with E-state index >= 15 is 0 Å². The summed E-state index contributed by atoms with van der Waals surface area (Å²) in [6.45, 7) is 2.86. The first kappa shape index (κ1) is 16.7. The normalized spacial score (nSPS) is 22.6. The Bertz CT molecular complexity index is 591. The maximum absolute atomic E-state index is 12.3. The highest BCUT2D eigenvalue weighted by Gasteiger charge is 2.28. The Hall–Kier alpha value is -0.660. The van der Waals surface area contributed by atoms with Crippen molar-refractivity contribution in [3.63, 3.8) is 0 Å². The van der Waals surface area contributed by atoms with Gasteiger partial charge in [0.15, 0.2) is 0 Å².